The standard InChI is InChI=1S/C19H25N3O3/c1-13(23)12-21-8-10-22(11-9-21)19(25)17-14(2)18(24)20(3)16-7-5-4-6-15(16)17/h4-7,13,23H,8-12H2,1-3H3. The van der Waals surface area contributed by atoms with E-state index in [1.165, 1.54) is 0 Å². The Balaban J connectivity index is 1.92. The van der Waals surface area contributed by atoms with E-state index in [0.717, 1.165) is 24.0 Å². The minimum absolute atomic E-state index is 0.0805. The molecule has 25 heavy (non-hydrogen) atoms. The molecule has 1 unspecified atom stereocenters. The first-order chi connectivity index (χ1) is 11.9. The third-order valence-electron chi connectivity index (χ3n) is 4.93. The molecule has 0 aliphatic carbocycles. The summed E-state index contributed by atoms with van der Waals surface area (Å²) < 4.78 is 1.60. The summed E-state index contributed by atoms with van der Waals surface area (Å²) in [5.41, 5.74) is 1.66. The van der Waals surface area contributed by atoms with Crippen molar-refractivity contribution >= 4 is 16.8 Å². The molecule has 0 saturated carbocycles. The molecule has 1 aromatic carbocycles. The van der Waals surface area contributed by atoms with Gasteiger partial charge in [-0.2, -0.15) is 0 Å². The Morgan fingerprint density at radius 3 is 2.48 bits per heavy atom. The number of pyridine rings is 1. The molecule has 134 valence electrons. The predicted molar refractivity (Wildman–Crippen MR) is 98.0 cm³/mol. The van der Waals surface area contributed by atoms with E-state index in [9.17, 15) is 14.7 Å². The Labute approximate surface area is 147 Å². The van der Waals surface area contributed by atoms with Crippen molar-refractivity contribution in [3.05, 3.63) is 45.7 Å². The molecular weight excluding hydrogens is 318 g/mol. The first kappa shape index (κ1) is 17.6. The minimum Gasteiger partial charge on any atom is -0.392 e. The van der Waals surface area contributed by atoms with Crippen LogP contribution in [-0.4, -0.2) is 64.2 Å². The first-order valence-electron chi connectivity index (χ1n) is 8.68. The number of rotatable bonds is 3. The van der Waals surface area contributed by atoms with E-state index in [2.05, 4.69) is 4.90 Å². The zero-order valence-electron chi connectivity index (χ0n) is 15.0. The van der Waals surface area contributed by atoms with Crippen LogP contribution in [0, 0.1) is 6.92 Å². The lowest BCUT2D eigenvalue weighted by molar-refractivity contribution is 0.0555. The number of amides is 1. The molecule has 1 aliphatic heterocycles. The van der Waals surface area contributed by atoms with E-state index in [1.807, 2.05) is 29.2 Å². The van der Waals surface area contributed by atoms with Gasteiger partial charge in [-0.3, -0.25) is 14.5 Å². The number of hydrogen-bond donors (Lipinski definition) is 1. The highest BCUT2D eigenvalue weighted by Gasteiger charge is 2.26. The number of fused-ring (bicyclic) bond motifs is 1. The third-order valence-corrected chi connectivity index (χ3v) is 4.93. The number of aryl methyl sites for hydroxylation is 1. The zero-order chi connectivity index (χ0) is 18.1. The van der Waals surface area contributed by atoms with Crippen molar-refractivity contribution in [1.29, 1.82) is 0 Å². The monoisotopic (exact) mass is 343 g/mol. The van der Waals surface area contributed by atoms with Crippen molar-refractivity contribution in [2.75, 3.05) is 32.7 Å². The van der Waals surface area contributed by atoms with Gasteiger partial charge in [-0.1, -0.05) is 18.2 Å². The highest BCUT2D eigenvalue weighted by Crippen LogP contribution is 2.21. The fourth-order valence-corrected chi connectivity index (χ4v) is 3.59. The SMILES string of the molecule is Cc1c(C(=O)N2CCN(CC(C)O)CC2)c2ccccc2n(C)c1=O. The molecule has 1 saturated heterocycles. The maximum absolute atomic E-state index is 13.1. The number of piperazine rings is 1. The zero-order valence-corrected chi connectivity index (χ0v) is 15.0. The number of carbonyl (C=O) groups excluding carboxylic acids is 1. The van der Waals surface area contributed by atoms with Crippen LogP contribution in [0.2, 0.25) is 0 Å². The Bertz CT molecular complexity index is 849. The van der Waals surface area contributed by atoms with Crippen LogP contribution in [-0.2, 0) is 7.05 Å². The van der Waals surface area contributed by atoms with E-state index in [-0.39, 0.29) is 17.6 Å². The Morgan fingerprint density at radius 2 is 1.84 bits per heavy atom. The Morgan fingerprint density at radius 1 is 1.20 bits per heavy atom. The number of aliphatic hydroxyl groups excluding tert-OH is 1. The van der Waals surface area contributed by atoms with Gasteiger partial charge in [0.15, 0.2) is 0 Å². The normalized spacial score (nSPS) is 17.0. The van der Waals surface area contributed by atoms with Crippen LogP contribution in [0.4, 0.5) is 0 Å². The average molecular weight is 343 g/mol. The summed E-state index contributed by atoms with van der Waals surface area (Å²) in [6.45, 7) is 6.80. The summed E-state index contributed by atoms with van der Waals surface area (Å²) in [4.78, 5) is 29.6. The van der Waals surface area contributed by atoms with Crippen molar-refractivity contribution in [3.8, 4) is 0 Å². The molecular formula is C19H25N3O3. The molecule has 0 bridgehead atoms. The molecule has 1 amide bonds. The van der Waals surface area contributed by atoms with Crippen LogP contribution in [0.1, 0.15) is 22.8 Å². The number of aliphatic hydroxyl groups is 1. The molecule has 1 N–H and O–H groups in total. The van der Waals surface area contributed by atoms with Gasteiger partial charge in [-0.05, 0) is 19.9 Å². The van der Waals surface area contributed by atoms with Gasteiger partial charge >= 0.3 is 0 Å². The molecule has 0 spiro atoms. The van der Waals surface area contributed by atoms with Crippen LogP contribution >= 0.6 is 0 Å². The maximum atomic E-state index is 13.1. The molecule has 3 rings (SSSR count). The molecule has 1 aliphatic rings. The van der Waals surface area contributed by atoms with E-state index >= 15 is 0 Å². The highest BCUT2D eigenvalue weighted by molar-refractivity contribution is 6.07. The van der Waals surface area contributed by atoms with Gasteiger partial charge in [-0.15, -0.1) is 0 Å². The lowest BCUT2D eigenvalue weighted by Crippen LogP contribution is -2.50. The number of carbonyl (C=O) groups is 1. The highest BCUT2D eigenvalue weighted by atomic mass is 16.3. The van der Waals surface area contributed by atoms with Gasteiger partial charge in [-0.25, -0.2) is 0 Å². The van der Waals surface area contributed by atoms with Gasteiger partial charge < -0.3 is 14.6 Å². The number of β-amino-alcohol motifs (C(OH)–C–C–N with tert-alkyl or cyclic N) is 1. The quantitative estimate of drug-likeness (QED) is 0.902. The summed E-state index contributed by atoms with van der Waals surface area (Å²) >= 11 is 0. The topological polar surface area (TPSA) is 65.8 Å². The molecule has 1 atom stereocenters. The van der Waals surface area contributed by atoms with Crippen LogP contribution < -0.4 is 5.56 Å². The lowest BCUT2D eigenvalue weighted by atomic mass is 10.0. The minimum atomic E-state index is -0.370. The van der Waals surface area contributed by atoms with E-state index in [1.54, 1.807) is 25.5 Å². The van der Waals surface area contributed by atoms with Crippen LogP contribution in [0.3, 0.4) is 0 Å². The summed E-state index contributed by atoms with van der Waals surface area (Å²) in [7, 11) is 1.74. The molecule has 6 heteroatoms. The number of benzene rings is 1. The van der Waals surface area contributed by atoms with Crippen molar-refractivity contribution in [3.63, 3.8) is 0 Å². The molecule has 6 nitrogen and oxygen atoms in total. The fourth-order valence-electron chi connectivity index (χ4n) is 3.59. The van der Waals surface area contributed by atoms with E-state index < -0.39 is 0 Å². The van der Waals surface area contributed by atoms with Crippen LogP contribution in [0.15, 0.2) is 29.1 Å². The Kier molecular flexibility index (Phi) is 4.92. The summed E-state index contributed by atoms with van der Waals surface area (Å²) in [5.74, 6) is -0.0805. The summed E-state index contributed by atoms with van der Waals surface area (Å²) in [6, 6.07) is 7.54. The summed E-state index contributed by atoms with van der Waals surface area (Å²) in [6.07, 6.45) is -0.370. The van der Waals surface area contributed by atoms with Crippen LogP contribution in [0.25, 0.3) is 10.9 Å². The van der Waals surface area contributed by atoms with E-state index in [0.29, 0.717) is 30.8 Å². The molecule has 0 radical (unpaired) electrons. The van der Waals surface area contributed by atoms with Crippen LogP contribution in [0.5, 0.6) is 0 Å². The van der Waals surface area contributed by atoms with Gasteiger partial charge in [0, 0.05) is 50.7 Å². The Hall–Kier alpha value is -2.18. The smallest absolute Gasteiger partial charge is 0.255 e. The van der Waals surface area contributed by atoms with Crippen molar-refractivity contribution in [1.82, 2.24) is 14.4 Å². The second-order valence-corrected chi connectivity index (χ2v) is 6.82. The molecule has 1 fully saturated rings. The number of hydrogen-bond acceptors (Lipinski definition) is 4. The van der Waals surface area contributed by atoms with Crippen molar-refractivity contribution < 1.29 is 9.90 Å². The third kappa shape index (κ3) is 3.32. The fraction of sp³-hybridized carbons (Fsp3) is 0.474. The van der Waals surface area contributed by atoms with Crippen molar-refractivity contribution in [2.24, 2.45) is 7.05 Å². The second kappa shape index (κ2) is 6.98. The van der Waals surface area contributed by atoms with Gasteiger partial charge in [0.25, 0.3) is 11.5 Å². The van der Waals surface area contributed by atoms with Gasteiger partial charge in [0.05, 0.1) is 17.2 Å². The molecule has 1 aromatic heterocycles. The van der Waals surface area contributed by atoms with Gasteiger partial charge in [0.1, 0.15) is 0 Å². The predicted octanol–water partition coefficient (Wildman–Crippen LogP) is 0.986. The second-order valence-electron chi connectivity index (χ2n) is 6.82. The maximum Gasteiger partial charge on any atom is 0.255 e. The lowest BCUT2D eigenvalue weighted by Gasteiger charge is -2.35. The number of nitrogens with zero attached hydrogens (tertiary/aromatic N) is 3. The first-order valence-corrected chi connectivity index (χ1v) is 8.68. The number of aromatic nitrogens is 1. The molecule has 2 aromatic rings. The average Bonchev–Trinajstić information content (AvgIpc) is 2.60. The van der Waals surface area contributed by atoms with Gasteiger partial charge in [0.2, 0.25) is 0 Å². The number of para-hydroxylation sites is 1. The van der Waals surface area contributed by atoms with Crippen molar-refractivity contribution in [2.45, 2.75) is 20.0 Å². The largest absolute Gasteiger partial charge is 0.392 e. The summed E-state index contributed by atoms with van der Waals surface area (Å²) in [5, 5.41) is 10.3. The van der Waals surface area contributed by atoms with E-state index in [4.69, 9.17) is 0 Å². The molecule has 2 heterocycles.